The number of carbonyl (C=O) groups excluding carboxylic acids is 1. The Hall–Kier alpha value is -2.70. The summed E-state index contributed by atoms with van der Waals surface area (Å²) in [5, 5.41) is 15.0. The molecule has 0 aliphatic heterocycles. The molecule has 0 fully saturated rings. The van der Waals surface area contributed by atoms with E-state index in [9.17, 15) is 9.59 Å². The minimum absolute atomic E-state index is 0.0000300. The summed E-state index contributed by atoms with van der Waals surface area (Å²) in [6, 6.07) is 5.07. The van der Waals surface area contributed by atoms with E-state index in [1.807, 2.05) is 0 Å². The van der Waals surface area contributed by atoms with E-state index in [0.29, 0.717) is 5.76 Å². The van der Waals surface area contributed by atoms with Gasteiger partial charge in [-0.3, -0.25) is 14.6 Å². The fourth-order valence-electron chi connectivity index (χ4n) is 1.75. The van der Waals surface area contributed by atoms with Crippen molar-refractivity contribution in [3.05, 3.63) is 36.3 Å². The maximum Gasteiger partial charge on any atom is 0.303 e. The Morgan fingerprint density at radius 2 is 2.29 bits per heavy atom. The Kier molecular flexibility index (Phi) is 4.65. The first kappa shape index (κ1) is 14.7. The van der Waals surface area contributed by atoms with E-state index in [1.165, 1.54) is 6.07 Å². The molecule has 2 aromatic heterocycles. The number of carboxylic acid groups (broad SMARTS) is 1. The van der Waals surface area contributed by atoms with Crippen LogP contribution < -0.4 is 5.32 Å². The number of rotatable bonds is 6. The predicted molar refractivity (Wildman–Crippen MR) is 73.5 cm³/mol. The summed E-state index contributed by atoms with van der Waals surface area (Å²) < 4.78 is 5.10. The summed E-state index contributed by atoms with van der Waals surface area (Å²) >= 11 is 0. The molecule has 110 valence electrons. The topological polar surface area (TPSA) is 105 Å². The third kappa shape index (κ3) is 4.13. The van der Waals surface area contributed by atoms with Crippen LogP contribution in [0.25, 0.3) is 11.3 Å². The summed E-state index contributed by atoms with van der Waals surface area (Å²) in [6.45, 7) is 2.01. The quantitative estimate of drug-likeness (QED) is 0.836. The molecule has 0 aliphatic carbocycles. The number of aromatic nitrogens is 2. The highest BCUT2D eigenvalue weighted by atomic mass is 16.5. The van der Waals surface area contributed by atoms with E-state index in [4.69, 9.17) is 9.63 Å². The predicted octanol–water partition coefficient (Wildman–Crippen LogP) is 1.58. The number of carboxylic acids is 1. The molecule has 0 saturated carbocycles. The SMILES string of the molecule is CC(CNC(=O)c1cc(-c2cccnc2)on1)CC(=O)O. The number of nitrogens with one attached hydrogen (secondary N) is 1. The number of pyridine rings is 1. The minimum atomic E-state index is -0.892. The van der Waals surface area contributed by atoms with E-state index in [0.717, 1.165) is 5.56 Å². The van der Waals surface area contributed by atoms with Crippen LogP contribution in [0.3, 0.4) is 0 Å². The van der Waals surface area contributed by atoms with Gasteiger partial charge in [0.05, 0.1) is 0 Å². The number of hydrogen-bond donors (Lipinski definition) is 2. The zero-order chi connectivity index (χ0) is 15.2. The van der Waals surface area contributed by atoms with Crippen LogP contribution >= 0.6 is 0 Å². The van der Waals surface area contributed by atoms with Crippen LogP contribution in [0, 0.1) is 5.92 Å². The van der Waals surface area contributed by atoms with Crippen molar-refractivity contribution in [2.75, 3.05) is 6.54 Å². The van der Waals surface area contributed by atoms with Crippen LogP contribution in [0.1, 0.15) is 23.8 Å². The van der Waals surface area contributed by atoms with Crippen LogP contribution in [0.5, 0.6) is 0 Å². The molecule has 2 heterocycles. The number of aliphatic carboxylic acids is 1. The largest absolute Gasteiger partial charge is 0.481 e. The van der Waals surface area contributed by atoms with Crippen molar-refractivity contribution >= 4 is 11.9 Å². The van der Waals surface area contributed by atoms with Gasteiger partial charge in [-0.2, -0.15) is 0 Å². The van der Waals surface area contributed by atoms with Crippen LogP contribution in [-0.4, -0.2) is 33.7 Å². The molecule has 7 nitrogen and oxygen atoms in total. The maximum atomic E-state index is 11.9. The van der Waals surface area contributed by atoms with Gasteiger partial charge in [-0.05, 0) is 18.1 Å². The molecule has 0 saturated heterocycles. The fourth-order valence-corrected chi connectivity index (χ4v) is 1.75. The van der Waals surface area contributed by atoms with Crippen LogP contribution in [0.15, 0.2) is 35.1 Å². The summed E-state index contributed by atoms with van der Waals surface area (Å²) in [7, 11) is 0. The Labute approximate surface area is 121 Å². The molecule has 0 aliphatic rings. The first-order valence-electron chi connectivity index (χ1n) is 6.43. The van der Waals surface area contributed by atoms with E-state index in [1.54, 1.807) is 31.5 Å². The van der Waals surface area contributed by atoms with E-state index >= 15 is 0 Å². The second-order valence-corrected chi connectivity index (χ2v) is 4.73. The lowest BCUT2D eigenvalue weighted by molar-refractivity contribution is -0.137. The summed E-state index contributed by atoms with van der Waals surface area (Å²) in [6.07, 6.45) is 3.24. The first-order valence-corrected chi connectivity index (χ1v) is 6.43. The molecule has 2 aromatic rings. The molecule has 7 heteroatoms. The van der Waals surface area contributed by atoms with E-state index in [-0.39, 0.29) is 24.6 Å². The third-order valence-electron chi connectivity index (χ3n) is 2.82. The monoisotopic (exact) mass is 289 g/mol. The highest BCUT2D eigenvalue weighted by Gasteiger charge is 2.15. The van der Waals surface area contributed by atoms with Gasteiger partial charge in [-0.25, -0.2) is 0 Å². The Balaban J connectivity index is 1.95. The van der Waals surface area contributed by atoms with Crippen LogP contribution in [-0.2, 0) is 4.79 Å². The fraction of sp³-hybridized carbons (Fsp3) is 0.286. The van der Waals surface area contributed by atoms with Crippen molar-refractivity contribution in [1.29, 1.82) is 0 Å². The molecule has 2 N–H and O–H groups in total. The van der Waals surface area contributed by atoms with Gasteiger partial charge in [0.25, 0.3) is 5.91 Å². The zero-order valence-electron chi connectivity index (χ0n) is 11.4. The second-order valence-electron chi connectivity index (χ2n) is 4.73. The van der Waals surface area contributed by atoms with Crippen molar-refractivity contribution in [3.8, 4) is 11.3 Å². The molecule has 0 bridgehead atoms. The third-order valence-corrected chi connectivity index (χ3v) is 2.82. The van der Waals surface area contributed by atoms with Gasteiger partial charge in [0.1, 0.15) is 0 Å². The molecule has 0 radical (unpaired) electrons. The van der Waals surface area contributed by atoms with Crippen molar-refractivity contribution < 1.29 is 19.2 Å². The van der Waals surface area contributed by atoms with E-state index in [2.05, 4.69) is 15.5 Å². The molecular formula is C14H15N3O4. The molecule has 1 amide bonds. The molecule has 0 aromatic carbocycles. The lowest BCUT2D eigenvalue weighted by Crippen LogP contribution is -2.29. The minimum Gasteiger partial charge on any atom is -0.481 e. The van der Waals surface area contributed by atoms with Gasteiger partial charge >= 0.3 is 5.97 Å². The van der Waals surface area contributed by atoms with Gasteiger partial charge < -0.3 is 14.9 Å². The average molecular weight is 289 g/mol. The van der Waals surface area contributed by atoms with Gasteiger partial charge in [0.15, 0.2) is 11.5 Å². The van der Waals surface area contributed by atoms with E-state index < -0.39 is 11.9 Å². The summed E-state index contributed by atoms with van der Waals surface area (Å²) in [4.78, 5) is 26.4. The van der Waals surface area contributed by atoms with Crippen LogP contribution in [0.2, 0.25) is 0 Å². The first-order chi connectivity index (χ1) is 10.1. The molecule has 1 unspecified atom stereocenters. The number of carbonyl (C=O) groups is 2. The number of hydrogen-bond acceptors (Lipinski definition) is 5. The molecular weight excluding hydrogens is 274 g/mol. The number of amides is 1. The van der Waals surface area contributed by atoms with Crippen molar-refractivity contribution in [2.24, 2.45) is 5.92 Å². The second kappa shape index (κ2) is 6.65. The highest BCUT2D eigenvalue weighted by Crippen LogP contribution is 2.18. The van der Waals surface area contributed by atoms with Gasteiger partial charge in [0.2, 0.25) is 0 Å². The van der Waals surface area contributed by atoms with Crippen LogP contribution in [0.4, 0.5) is 0 Å². The number of nitrogens with zero attached hydrogens (tertiary/aromatic N) is 2. The Bertz CT molecular complexity index is 624. The molecule has 21 heavy (non-hydrogen) atoms. The average Bonchev–Trinajstić information content (AvgIpc) is 2.95. The van der Waals surface area contributed by atoms with Crippen molar-refractivity contribution in [3.63, 3.8) is 0 Å². The normalized spacial score (nSPS) is 11.9. The summed E-state index contributed by atoms with van der Waals surface area (Å²) in [5.41, 5.74) is 0.875. The van der Waals surface area contributed by atoms with Gasteiger partial charge in [-0.1, -0.05) is 12.1 Å². The molecule has 1 atom stereocenters. The standard InChI is InChI=1S/C14H15N3O4/c1-9(5-13(18)19)7-16-14(20)11-6-12(21-17-11)10-3-2-4-15-8-10/h2-4,6,8-9H,5,7H2,1H3,(H,16,20)(H,18,19). The lowest BCUT2D eigenvalue weighted by Gasteiger charge is -2.08. The Morgan fingerprint density at radius 1 is 1.48 bits per heavy atom. The summed E-state index contributed by atoms with van der Waals surface area (Å²) in [5.74, 6) is -0.994. The van der Waals surface area contributed by atoms with Crippen molar-refractivity contribution in [2.45, 2.75) is 13.3 Å². The molecule has 2 rings (SSSR count). The smallest absolute Gasteiger partial charge is 0.303 e. The Morgan fingerprint density at radius 3 is 2.95 bits per heavy atom. The van der Waals surface area contributed by atoms with Crippen molar-refractivity contribution in [1.82, 2.24) is 15.5 Å². The van der Waals surface area contributed by atoms with Gasteiger partial charge in [0, 0.05) is 37.0 Å². The zero-order valence-corrected chi connectivity index (χ0v) is 11.4. The van der Waals surface area contributed by atoms with Gasteiger partial charge in [-0.15, -0.1) is 0 Å². The lowest BCUT2D eigenvalue weighted by atomic mass is 10.1. The molecule has 0 spiro atoms. The highest BCUT2D eigenvalue weighted by molar-refractivity contribution is 5.93. The maximum absolute atomic E-state index is 11.9.